The molecule has 1 aliphatic carbocycles. The van der Waals surface area contributed by atoms with E-state index in [1.807, 2.05) is 0 Å². The van der Waals surface area contributed by atoms with Gasteiger partial charge in [-0.25, -0.2) is 14.6 Å². The number of anilines is 1. The molecule has 93 heavy (non-hydrogen) atoms. The third-order valence-corrected chi connectivity index (χ3v) is 17.7. The van der Waals surface area contributed by atoms with Gasteiger partial charge in [-0.05, 0) is 88.8 Å². The third kappa shape index (κ3) is 14.8. The van der Waals surface area contributed by atoms with Gasteiger partial charge in [0.15, 0.2) is 11.3 Å². The number of halogens is 1. The second-order valence-electron chi connectivity index (χ2n) is 26.1. The Balaban J connectivity index is 1.34. The molecular weight excluding hydrogens is 1240 g/mol. The van der Waals surface area contributed by atoms with Gasteiger partial charge in [-0.2, -0.15) is 0 Å². The highest BCUT2D eigenvalue weighted by atomic mass is 35.5. The minimum absolute atomic E-state index is 0.0333. The van der Waals surface area contributed by atoms with Crippen LogP contribution in [0.15, 0.2) is 21.3 Å². The molecule has 0 unspecified atom stereocenters. The molecule has 0 spiro atoms. The van der Waals surface area contributed by atoms with Crippen molar-refractivity contribution in [3.63, 3.8) is 0 Å². The van der Waals surface area contributed by atoms with E-state index < -0.39 is 221 Å². The number of rotatable bonds is 9. The Labute approximate surface area is 541 Å². The number of carbonyl (C=O) groups is 12. The van der Waals surface area contributed by atoms with E-state index in [1.165, 1.54) is 40.1 Å². The van der Waals surface area contributed by atoms with Crippen LogP contribution in [0.2, 0.25) is 0 Å². The first-order valence-corrected chi connectivity index (χ1v) is 31.4. The normalized spacial score (nSPS) is 28.8. The molecule has 1 aromatic carbocycles. The summed E-state index contributed by atoms with van der Waals surface area (Å²) in [4.78, 5) is 196. The molecule has 0 aromatic heterocycles. The van der Waals surface area contributed by atoms with Crippen LogP contribution < -0.4 is 43.1 Å². The lowest BCUT2D eigenvalue weighted by molar-refractivity contribution is -0.158. The number of aryl methyl sites for hydroxylation is 1. The number of esters is 2. The van der Waals surface area contributed by atoms with Gasteiger partial charge in [0.05, 0.1) is 48.0 Å². The Hall–Kier alpha value is -8.51. The SMILES string of the molecule is Cc1cc(C(=O)N[C@@H]2C(=O)N[C@H](C(C)C)C(=O)N3[C@H](C(=O)N(C)CC(=O)N[C@@H](C(C)C)C(=O)O[C@@H]2C)[C@@H](O)C[C@@H]3C)c2nc3c(C(=O)N[C@H]4C(=O)N[C@H](C(C)C)C(=O)N5[C@H](C(=O)N(C)CC(=O)N[C@@H](C(C)C)C(=O)O[C@@H]4CCl)[C@@H](O)C[C@@H]5C)c(N)c(=O)c(C)c-3oc2c1. The van der Waals surface area contributed by atoms with Crippen LogP contribution in [0.4, 0.5) is 5.69 Å². The summed E-state index contributed by atoms with van der Waals surface area (Å²) in [6.45, 7) is 18.8. The highest BCUT2D eigenvalue weighted by Crippen LogP contribution is 2.35. The summed E-state index contributed by atoms with van der Waals surface area (Å²) in [5.41, 5.74) is 2.95. The number of nitrogens with two attached hydrogens (primary N) is 1. The van der Waals surface area contributed by atoms with Crippen molar-refractivity contribution in [2.24, 2.45) is 23.7 Å². The summed E-state index contributed by atoms with van der Waals surface area (Å²) in [7, 11) is 2.58. The number of ether oxygens (including phenoxy) is 2. The van der Waals surface area contributed by atoms with Crippen LogP contribution in [0.5, 0.6) is 0 Å². The molecule has 10 amide bonds. The van der Waals surface area contributed by atoms with Crippen LogP contribution in [-0.2, 0) is 57.4 Å². The molecule has 4 fully saturated rings. The highest BCUT2D eigenvalue weighted by Gasteiger charge is 2.52. The van der Waals surface area contributed by atoms with Crippen molar-refractivity contribution < 1.29 is 81.6 Å². The standard InChI is InChI=1S/C62H85ClN12O18/c1-23(2)41-57(85)74-28(10)18-33(76)49(74)59(87)72(14)21-37(78)65-43(25(5)6)61(89)91-31(13)45(55(83)68-41)70-53(81)32-16-27(9)17-35-46(32)67-48-39(40(64)51(80)30(12)52(48)92-35)54(82)71-47-36(20-63)93-62(90)44(26(7)8)66-38(79)22-73(15)60(88)50-34(77)19-29(11)75(50)58(86)42(24(3)4)69-56(47)84/h16-17,23-26,28-29,31,33-34,36,41-45,47,49-50,76-77H,18-22,64H2,1-15H3,(H,65,78)(H,66,79)(H,68,83)(H,69,84)(H,70,81)(H,71,82)/t28-,29-,31+,33-,34-,36+,41+,42+,43-,44-,45-,47+,49-,50-/m0/s1. The van der Waals surface area contributed by atoms with E-state index in [2.05, 4.69) is 31.9 Å². The Morgan fingerprint density at radius 3 is 1.54 bits per heavy atom. The number of aromatic nitrogens is 1. The fourth-order valence-electron chi connectivity index (χ4n) is 12.2. The van der Waals surface area contributed by atoms with Crippen molar-refractivity contribution in [2.45, 2.75) is 188 Å². The van der Waals surface area contributed by atoms with E-state index in [9.17, 15) is 58.2 Å². The minimum Gasteiger partial charge on any atom is -0.458 e. The van der Waals surface area contributed by atoms with E-state index in [1.54, 1.807) is 76.2 Å². The van der Waals surface area contributed by atoms with Gasteiger partial charge < -0.3 is 81.3 Å². The lowest BCUT2D eigenvalue weighted by Gasteiger charge is -2.36. The monoisotopic (exact) mass is 1320 g/mol. The van der Waals surface area contributed by atoms with Gasteiger partial charge in [-0.3, -0.25) is 52.7 Å². The summed E-state index contributed by atoms with van der Waals surface area (Å²) < 4.78 is 18.0. The maximum absolute atomic E-state index is 15.2. The molecule has 1 aromatic rings. The van der Waals surface area contributed by atoms with Crippen LogP contribution >= 0.6 is 11.6 Å². The minimum atomic E-state index is -2.08. The second kappa shape index (κ2) is 28.8. The topological polar surface area (TPSA) is 418 Å². The van der Waals surface area contributed by atoms with Crippen LogP contribution in [0.3, 0.4) is 0 Å². The number of hydrogen-bond donors (Lipinski definition) is 9. The highest BCUT2D eigenvalue weighted by molar-refractivity contribution is 6.19. The molecule has 0 saturated carbocycles. The number of aliphatic hydroxyl groups is 2. The van der Waals surface area contributed by atoms with E-state index in [-0.39, 0.29) is 40.8 Å². The predicted molar refractivity (Wildman–Crippen MR) is 333 cm³/mol. The fraction of sp³-hybridized carbons (Fsp3) is 0.613. The molecule has 5 aliphatic heterocycles. The number of likely N-dealkylation sites (N-methyl/N-ethyl adjacent to an activating group) is 2. The first kappa shape index (κ1) is 71.9. The van der Waals surface area contributed by atoms with E-state index in [4.69, 9.17) is 36.2 Å². The lowest BCUT2D eigenvalue weighted by atomic mass is 9.98. The smallest absolute Gasteiger partial charge is 0.329 e. The van der Waals surface area contributed by atoms with Crippen molar-refractivity contribution in [2.75, 3.05) is 38.8 Å². The van der Waals surface area contributed by atoms with Crippen LogP contribution in [0.1, 0.15) is 121 Å². The zero-order valence-corrected chi connectivity index (χ0v) is 55.5. The van der Waals surface area contributed by atoms with Crippen LogP contribution in [0.25, 0.3) is 22.6 Å². The average Bonchev–Trinajstić information content (AvgIpc) is 1.49. The van der Waals surface area contributed by atoms with Crippen molar-refractivity contribution in [3.8, 4) is 11.5 Å². The number of alkyl halides is 1. The quantitative estimate of drug-likeness (QED) is 0.0536. The van der Waals surface area contributed by atoms with Crippen molar-refractivity contribution in [3.05, 3.63) is 44.6 Å². The molecule has 0 bridgehead atoms. The number of hydrogen-bond acceptors (Lipinski definition) is 20. The molecule has 7 rings (SSSR count). The van der Waals surface area contributed by atoms with Gasteiger partial charge in [0.1, 0.15) is 71.8 Å². The maximum Gasteiger partial charge on any atom is 0.329 e. The average molecular weight is 1320 g/mol. The van der Waals surface area contributed by atoms with Crippen LogP contribution in [0, 0.1) is 37.5 Å². The lowest BCUT2D eigenvalue weighted by Crippen LogP contribution is -2.63. The number of aliphatic hydroxyl groups excluding tert-OH is 2. The Morgan fingerprint density at radius 1 is 0.645 bits per heavy atom. The molecule has 10 N–H and O–H groups in total. The summed E-state index contributed by atoms with van der Waals surface area (Å²) in [5.74, 6) is -15.6. The number of fused-ring (bicyclic) bond motifs is 4. The Morgan fingerprint density at radius 2 is 1.09 bits per heavy atom. The van der Waals surface area contributed by atoms with E-state index >= 15 is 14.4 Å². The van der Waals surface area contributed by atoms with Gasteiger partial charge in [0.2, 0.25) is 52.7 Å². The van der Waals surface area contributed by atoms with Gasteiger partial charge >= 0.3 is 11.9 Å². The zero-order valence-electron chi connectivity index (χ0n) is 54.7. The van der Waals surface area contributed by atoms with Crippen molar-refractivity contribution >= 4 is 99.4 Å². The molecule has 5 heterocycles. The molecule has 508 valence electrons. The third-order valence-electron chi connectivity index (χ3n) is 17.4. The number of carbonyl (C=O) groups excluding carboxylic acids is 12. The van der Waals surface area contributed by atoms with E-state index in [0.717, 1.165) is 19.6 Å². The summed E-state index contributed by atoms with van der Waals surface area (Å²) in [6.07, 6.45) is -6.28. The Kier molecular flexibility index (Phi) is 22.3. The van der Waals surface area contributed by atoms with Gasteiger partial charge in [-0.15, -0.1) is 11.6 Å². The molecule has 31 heteroatoms. The molecule has 14 atom stereocenters. The van der Waals surface area contributed by atoms with Gasteiger partial charge in [-0.1, -0.05) is 55.4 Å². The summed E-state index contributed by atoms with van der Waals surface area (Å²) in [6, 6.07) is -11.4. The van der Waals surface area contributed by atoms with E-state index in [0.29, 0.717) is 5.56 Å². The molecular formula is C62H85ClN12O18. The molecule has 0 radical (unpaired) electrons. The number of nitrogens with one attached hydrogen (secondary N) is 6. The number of amides is 10. The van der Waals surface area contributed by atoms with Crippen molar-refractivity contribution in [1.82, 2.24) is 56.5 Å². The first-order chi connectivity index (χ1) is 43.4. The predicted octanol–water partition coefficient (Wildman–Crippen LogP) is -1.02. The maximum atomic E-state index is 15.2. The van der Waals surface area contributed by atoms with Crippen molar-refractivity contribution in [1.29, 1.82) is 0 Å². The second-order valence-corrected chi connectivity index (χ2v) is 26.4. The number of nitrogens with zero attached hydrogens (tertiary/aromatic N) is 5. The largest absolute Gasteiger partial charge is 0.458 e. The molecule has 30 nitrogen and oxygen atoms in total. The van der Waals surface area contributed by atoms with Gasteiger partial charge in [0.25, 0.3) is 11.8 Å². The fourth-order valence-corrected chi connectivity index (χ4v) is 12.4. The summed E-state index contributed by atoms with van der Waals surface area (Å²) >= 11 is 6.53. The number of cyclic esters (lactones) is 2. The van der Waals surface area contributed by atoms with Crippen LogP contribution in [-0.4, -0.2) is 224 Å². The van der Waals surface area contributed by atoms with Gasteiger partial charge in [0, 0.05) is 31.7 Å². The molecule has 4 saturated heterocycles. The Bertz CT molecular complexity index is 3520. The number of benzene rings is 2. The summed E-state index contributed by atoms with van der Waals surface area (Å²) in [5, 5.41) is 37.9. The number of nitrogen functional groups attached to an aromatic ring is 1. The first-order valence-electron chi connectivity index (χ1n) is 30.9. The molecule has 6 aliphatic rings. The zero-order chi connectivity index (χ0) is 69.4.